The molecule has 0 radical (unpaired) electrons. The van der Waals surface area contributed by atoms with Crippen LogP contribution < -0.4 is 0 Å². The van der Waals surface area contributed by atoms with Crippen molar-refractivity contribution in [3.05, 3.63) is 28.2 Å². The summed E-state index contributed by atoms with van der Waals surface area (Å²) in [6.07, 6.45) is 0. The van der Waals surface area contributed by atoms with Crippen molar-refractivity contribution in [3.8, 4) is 6.07 Å². The van der Waals surface area contributed by atoms with Crippen LogP contribution in [0.5, 0.6) is 0 Å². The molecule has 0 spiro atoms. The number of thioether (sulfide) groups is 1. The number of nitriles is 1. The molecule has 0 bridgehead atoms. The number of hydrogen-bond donors (Lipinski definition) is 0. The van der Waals surface area contributed by atoms with Crippen LogP contribution in [-0.2, 0) is 0 Å². The second kappa shape index (κ2) is 4.69. The molecule has 68 valence electrons. The quantitative estimate of drug-likeness (QED) is 0.751. The van der Waals surface area contributed by atoms with Gasteiger partial charge in [0, 0.05) is 14.6 Å². The highest BCUT2D eigenvalue weighted by atomic mass is 79.9. The van der Waals surface area contributed by atoms with Gasteiger partial charge >= 0.3 is 0 Å². The Morgan fingerprint density at radius 3 is 2.69 bits per heavy atom. The molecule has 0 aromatic heterocycles. The monoisotopic (exact) mass is 255 g/mol. The van der Waals surface area contributed by atoms with E-state index >= 15 is 0 Å². The highest BCUT2D eigenvalue weighted by Crippen LogP contribution is 2.28. The van der Waals surface area contributed by atoms with Crippen LogP contribution in [0.1, 0.15) is 19.4 Å². The lowest BCUT2D eigenvalue weighted by atomic mass is 10.2. The molecule has 0 aliphatic heterocycles. The maximum Gasteiger partial charge on any atom is 0.100 e. The molecule has 0 aliphatic carbocycles. The fourth-order valence-electron chi connectivity index (χ4n) is 0.940. The highest BCUT2D eigenvalue weighted by molar-refractivity contribution is 9.10. The minimum absolute atomic E-state index is 0.501. The summed E-state index contributed by atoms with van der Waals surface area (Å²) in [6.45, 7) is 4.24. The van der Waals surface area contributed by atoms with Crippen molar-refractivity contribution in [3.63, 3.8) is 0 Å². The Labute approximate surface area is 91.3 Å². The van der Waals surface area contributed by atoms with E-state index < -0.39 is 0 Å². The summed E-state index contributed by atoms with van der Waals surface area (Å²) in [5.74, 6) is 0. The van der Waals surface area contributed by atoms with Crippen LogP contribution in [0.25, 0.3) is 0 Å². The van der Waals surface area contributed by atoms with Crippen LogP contribution in [0.15, 0.2) is 27.6 Å². The fraction of sp³-hybridized carbons (Fsp3) is 0.300. The largest absolute Gasteiger partial charge is 0.192 e. The minimum atomic E-state index is 0.501. The summed E-state index contributed by atoms with van der Waals surface area (Å²) in [5.41, 5.74) is 0.752. The van der Waals surface area contributed by atoms with Crippen LogP contribution in [0, 0.1) is 11.3 Å². The zero-order chi connectivity index (χ0) is 9.84. The summed E-state index contributed by atoms with van der Waals surface area (Å²) >= 11 is 5.10. The van der Waals surface area contributed by atoms with Gasteiger partial charge < -0.3 is 0 Å². The summed E-state index contributed by atoms with van der Waals surface area (Å²) in [7, 11) is 0. The predicted molar refractivity (Wildman–Crippen MR) is 59.9 cm³/mol. The third-order valence-electron chi connectivity index (χ3n) is 1.43. The third kappa shape index (κ3) is 3.06. The van der Waals surface area contributed by atoms with Crippen molar-refractivity contribution < 1.29 is 0 Å². The smallest absolute Gasteiger partial charge is 0.100 e. The number of hydrogen-bond acceptors (Lipinski definition) is 2. The van der Waals surface area contributed by atoms with Gasteiger partial charge in [0.2, 0.25) is 0 Å². The van der Waals surface area contributed by atoms with Crippen LogP contribution in [-0.4, -0.2) is 5.25 Å². The van der Waals surface area contributed by atoms with Crippen molar-refractivity contribution in [2.45, 2.75) is 24.0 Å². The zero-order valence-corrected chi connectivity index (χ0v) is 9.95. The molecule has 1 rings (SSSR count). The molecule has 0 fully saturated rings. The second-order valence-electron chi connectivity index (χ2n) is 2.92. The first-order valence-corrected chi connectivity index (χ1v) is 5.67. The van der Waals surface area contributed by atoms with E-state index in [0.29, 0.717) is 5.25 Å². The first-order chi connectivity index (χ1) is 6.13. The lowest BCUT2D eigenvalue weighted by molar-refractivity contribution is 1.11. The zero-order valence-electron chi connectivity index (χ0n) is 7.54. The van der Waals surface area contributed by atoms with Gasteiger partial charge in [-0.2, -0.15) is 5.26 Å². The summed E-state index contributed by atoms with van der Waals surface area (Å²) in [5, 5.41) is 9.34. The van der Waals surface area contributed by atoms with Crippen molar-refractivity contribution in [2.24, 2.45) is 0 Å². The van der Waals surface area contributed by atoms with E-state index in [2.05, 4.69) is 35.8 Å². The summed E-state index contributed by atoms with van der Waals surface area (Å²) in [4.78, 5) is 1.05. The van der Waals surface area contributed by atoms with E-state index in [-0.39, 0.29) is 0 Å². The van der Waals surface area contributed by atoms with Gasteiger partial charge in [-0.05, 0) is 18.2 Å². The van der Waals surface area contributed by atoms with Gasteiger partial charge in [-0.25, -0.2) is 0 Å². The highest BCUT2D eigenvalue weighted by Gasteiger charge is 2.05. The normalized spacial score (nSPS) is 10.1. The van der Waals surface area contributed by atoms with Crippen molar-refractivity contribution in [1.82, 2.24) is 0 Å². The molecule has 1 aromatic carbocycles. The molecule has 0 unspecified atom stereocenters. The van der Waals surface area contributed by atoms with Gasteiger partial charge in [0.15, 0.2) is 0 Å². The first-order valence-electron chi connectivity index (χ1n) is 4.00. The molecule has 0 N–H and O–H groups in total. The average Bonchev–Trinajstić information content (AvgIpc) is 2.03. The molecule has 0 heterocycles. The Kier molecular flexibility index (Phi) is 3.83. The topological polar surface area (TPSA) is 23.8 Å². The Hall–Kier alpha value is -0.460. The molecule has 0 amide bonds. The second-order valence-corrected chi connectivity index (χ2v) is 5.45. The Balaban J connectivity index is 3.03. The van der Waals surface area contributed by atoms with Crippen LogP contribution in [0.3, 0.4) is 0 Å². The molecule has 0 saturated carbocycles. The molecular weight excluding hydrogens is 246 g/mol. The van der Waals surface area contributed by atoms with Crippen molar-refractivity contribution >= 4 is 27.7 Å². The molecule has 0 atom stereocenters. The van der Waals surface area contributed by atoms with E-state index in [1.165, 1.54) is 0 Å². The van der Waals surface area contributed by atoms with Gasteiger partial charge in [0.25, 0.3) is 0 Å². The molecule has 3 heteroatoms. The van der Waals surface area contributed by atoms with E-state index in [9.17, 15) is 0 Å². The third-order valence-corrected chi connectivity index (χ3v) is 2.98. The van der Waals surface area contributed by atoms with Crippen LogP contribution in [0.4, 0.5) is 0 Å². The van der Waals surface area contributed by atoms with Gasteiger partial charge in [-0.3, -0.25) is 0 Å². The molecule has 0 saturated heterocycles. The number of nitrogens with zero attached hydrogens (tertiary/aromatic N) is 1. The van der Waals surface area contributed by atoms with E-state index in [0.717, 1.165) is 14.9 Å². The molecule has 1 aromatic rings. The average molecular weight is 256 g/mol. The van der Waals surface area contributed by atoms with E-state index in [1.807, 2.05) is 18.2 Å². The van der Waals surface area contributed by atoms with Crippen LogP contribution in [0.2, 0.25) is 0 Å². The SMILES string of the molecule is CC(C)Sc1cc(Br)ccc1C#N. The fourth-order valence-corrected chi connectivity index (χ4v) is 2.40. The Bertz CT molecular complexity index is 341. The van der Waals surface area contributed by atoms with Gasteiger partial charge in [-0.15, -0.1) is 11.8 Å². The van der Waals surface area contributed by atoms with Crippen LogP contribution >= 0.6 is 27.7 Å². The van der Waals surface area contributed by atoms with Gasteiger partial charge in [0.05, 0.1) is 5.56 Å². The number of halogens is 1. The summed E-state index contributed by atoms with van der Waals surface area (Å²) in [6, 6.07) is 7.91. The Morgan fingerprint density at radius 1 is 1.46 bits per heavy atom. The van der Waals surface area contributed by atoms with Gasteiger partial charge in [-0.1, -0.05) is 29.8 Å². The Morgan fingerprint density at radius 2 is 2.15 bits per heavy atom. The van der Waals surface area contributed by atoms with Crippen molar-refractivity contribution in [1.29, 1.82) is 5.26 Å². The minimum Gasteiger partial charge on any atom is -0.192 e. The van der Waals surface area contributed by atoms with E-state index in [4.69, 9.17) is 5.26 Å². The molecule has 13 heavy (non-hydrogen) atoms. The first kappa shape index (κ1) is 10.6. The number of rotatable bonds is 2. The van der Waals surface area contributed by atoms with E-state index in [1.54, 1.807) is 11.8 Å². The predicted octanol–water partition coefficient (Wildman–Crippen LogP) is 3.82. The lowest BCUT2D eigenvalue weighted by Gasteiger charge is -2.06. The standard InChI is InChI=1S/C10H10BrNS/c1-7(2)13-10-5-9(11)4-3-8(10)6-12/h3-5,7H,1-2H3. The molecule has 0 aliphatic rings. The maximum absolute atomic E-state index is 8.84. The van der Waals surface area contributed by atoms with Gasteiger partial charge in [0.1, 0.15) is 6.07 Å². The number of benzene rings is 1. The lowest BCUT2D eigenvalue weighted by Crippen LogP contribution is -1.88. The molecular formula is C10H10BrNS. The molecule has 1 nitrogen and oxygen atoms in total. The summed E-state index contributed by atoms with van der Waals surface area (Å²) < 4.78 is 1.02. The maximum atomic E-state index is 8.84. The van der Waals surface area contributed by atoms with Crippen molar-refractivity contribution in [2.75, 3.05) is 0 Å².